The number of nitrogens with two attached hydrogens (primary N) is 1. The van der Waals surface area contributed by atoms with E-state index in [0.717, 1.165) is 25.7 Å². The fourth-order valence-electron chi connectivity index (χ4n) is 3.42. The Hall–Kier alpha value is -2.57. The van der Waals surface area contributed by atoms with Gasteiger partial charge in [0.05, 0.1) is 6.54 Å². The second-order valence-corrected chi connectivity index (χ2v) is 8.75. The van der Waals surface area contributed by atoms with Crippen LogP contribution in [0.25, 0.3) is 0 Å². The number of carbonyl (C=O) groups excluding carboxylic acids is 3. The van der Waals surface area contributed by atoms with Gasteiger partial charge in [-0.3, -0.25) is 14.5 Å². The van der Waals surface area contributed by atoms with Crippen LogP contribution in [0.1, 0.15) is 78.6 Å². The number of nitrogens with zero attached hydrogens (tertiary/aromatic N) is 1. The average Bonchev–Trinajstić information content (AvgIpc) is 2.76. The van der Waals surface area contributed by atoms with E-state index >= 15 is 0 Å². The van der Waals surface area contributed by atoms with Gasteiger partial charge in [-0.05, 0) is 30.9 Å². The molecule has 0 aliphatic heterocycles. The first-order chi connectivity index (χ1) is 15.3. The van der Waals surface area contributed by atoms with Crippen LogP contribution in [0.15, 0.2) is 30.3 Å². The first kappa shape index (κ1) is 27.5. The van der Waals surface area contributed by atoms with Crippen LogP contribution in [0, 0.1) is 5.92 Å². The van der Waals surface area contributed by atoms with Gasteiger partial charge in [0.2, 0.25) is 11.8 Å². The monoisotopic (exact) mass is 446 g/mol. The van der Waals surface area contributed by atoms with Crippen molar-refractivity contribution in [3.05, 3.63) is 30.3 Å². The number of amides is 4. The number of nitrogens with one attached hydrogen (secondary N) is 2. The van der Waals surface area contributed by atoms with Gasteiger partial charge in [0.25, 0.3) is 0 Å². The highest BCUT2D eigenvalue weighted by Gasteiger charge is 2.26. The molecule has 4 amide bonds. The van der Waals surface area contributed by atoms with Crippen LogP contribution in [0.4, 0.5) is 10.5 Å². The molecule has 1 rings (SSSR count). The van der Waals surface area contributed by atoms with Crippen molar-refractivity contribution in [3.8, 4) is 0 Å². The van der Waals surface area contributed by atoms with E-state index in [1.54, 1.807) is 24.3 Å². The molecule has 1 atom stereocenters. The summed E-state index contributed by atoms with van der Waals surface area (Å²) in [4.78, 5) is 38.7. The largest absolute Gasteiger partial charge is 0.354 e. The van der Waals surface area contributed by atoms with Crippen molar-refractivity contribution in [2.24, 2.45) is 11.7 Å². The number of benzene rings is 1. The molecule has 0 aromatic heterocycles. The van der Waals surface area contributed by atoms with Crippen molar-refractivity contribution in [2.45, 2.75) is 84.6 Å². The van der Waals surface area contributed by atoms with Crippen LogP contribution in [0.5, 0.6) is 0 Å². The summed E-state index contributed by atoms with van der Waals surface area (Å²) in [6, 6.07) is 7.38. The van der Waals surface area contributed by atoms with Gasteiger partial charge in [0.15, 0.2) is 0 Å². The summed E-state index contributed by atoms with van der Waals surface area (Å²) < 4.78 is 0. The number of anilines is 1. The Morgan fingerprint density at radius 2 is 1.59 bits per heavy atom. The summed E-state index contributed by atoms with van der Waals surface area (Å²) >= 11 is 0. The molecule has 0 radical (unpaired) electrons. The molecule has 4 N–H and O–H groups in total. The highest BCUT2D eigenvalue weighted by atomic mass is 16.2. The average molecular weight is 447 g/mol. The summed E-state index contributed by atoms with van der Waals surface area (Å²) in [5, 5.41) is 5.70. The molecule has 0 aliphatic carbocycles. The minimum Gasteiger partial charge on any atom is -0.354 e. The van der Waals surface area contributed by atoms with Gasteiger partial charge in [0.1, 0.15) is 6.04 Å². The highest BCUT2D eigenvalue weighted by Crippen LogP contribution is 2.14. The summed E-state index contributed by atoms with van der Waals surface area (Å²) in [7, 11) is 0. The van der Waals surface area contributed by atoms with Gasteiger partial charge >= 0.3 is 6.03 Å². The number of primary amides is 1. The zero-order chi connectivity index (χ0) is 23.8. The van der Waals surface area contributed by atoms with Gasteiger partial charge in [-0.1, -0.05) is 77.5 Å². The quantitative estimate of drug-likeness (QED) is 0.329. The minimum atomic E-state index is -0.869. The summed E-state index contributed by atoms with van der Waals surface area (Å²) in [5.41, 5.74) is 6.16. The number of rotatable bonds is 16. The second-order valence-electron chi connectivity index (χ2n) is 8.75. The van der Waals surface area contributed by atoms with Gasteiger partial charge in [-0.25, -0.2) is 4.79 Å². The molecular formula is C25H42N4O3. The summed E-state index contributed by atoms with van der Waals surface area (Å²) in [6.45, 7) is 6.85. The van der Waals surface area contributed by atoms with Crippen LogP contribution >= 0.6 is 0 Å². The molecular weight excluding hydrogens is 404 g/mol. The molecule has 0 bridgehead atoms. The summed E-state index contributed by atoms with van der Waals surface area (Å²) in [5.74, 6) is -0.0344. The molecule has 0 saturated heterocycles. The van der Waals surface area contributed by atoms with Gasteiger partial charge in [-0.2, -0.15) is 0 Å². The van der Waals surface area contributed by atoms with E-state index in [4.69, 9.17) is 5.73 Å². The standard InChI is InChI=1S/C25H42N4O3/c1-4-5-6-7-8-9-13-16-23(30)28-22(24(31)27-18-17-20(2)3)19-29(25(26)32)21-14-11-10-12-15-21/h10-12,14-15,20,22H,4-9,13,16-19H2,1-3H3,(H2,26,32)(H,27,31)(H,28,30). The van der Waals surface area contributed by atoms with Crippen LogP contribution in [-0.2, 0) is 9.59 Å². The Morgan fingerprint density at radius 1 is 0.969 bits per heavy atom. The Labute approximate surface area is 193 Å². The maximum Gasteiger partial charge on any atom is 0.319 e. The van der Waals surface area contributed by atoms with Crippen molar-refractivity contribution < 1.29 is 14.4 Å². The van der Waals surface area contributed by atoms with Crippen LogP contribution in [0.3, 0.4) is 0 Å². The number of carbonyl (C=O) groups is 3. The third kappa shape index (κ3) is 11.7. The second kappa shape index (κ2) is 16.1. The van der Waals surface area contributed by atoms with E-state index in [-0.39, 0.29) is 18.4 Å². The van der Waals surface area contributed by atoms with Crippen molar-refractivity contribution >= 4 is 23.5 Å². The zero-order valence-electron chi connectivity index (χ0n) is 20.1. The Bertz CT molecular complexity index is 679. The van der Waals surface area contributed by atoms with Crippen LogP contribution < -0.4 is 21.3 Å². The predicted molar refractivity (Wildman–Crippen MR) is 130 cm³/mol. The topological polar surface area (TPSA) is 105 Å². The lowest BCUT2D eigenvalue weighted by Gasteiger charge is -2.26. The molecule has 0 heterocycles. The molecule has 1 aromatic rings. The van der Waals surface area contributed by atoms with E-state index in [0.29, 0.717) is 24.6 Å². The lowest BCUT2D eigenvalue weighted by Crippen LogP contribution is -2.54. The molecule has 0 fully saturated rings. The van der Waals surface area contributed by atoms with E-state index in [1.807, 2.05) is 6.07 Å². The van der Waals surface area contributed by atoms with Gasteiger partial charge in [-0.15, -0.1) is 0 Å². The SMILES string of the molecule is CCCCCCCCCC(=O)NC(CN(C(N)=O)c1ccccc1)C(=O)NCCC(C)C. The molecule has 1 unspecified atom stereocenters. The molecule has 0 saturated carbocycles. The smallest absolute Gasteiger partial charge is 0.319 e. The normalized spacial score (nSPS) is 11.8. The fourth-order valence-corrected chi connectivity index (χ4v) is 3.42. The zero-order valence-corrected chi connectivity index (χ0v) is 20.1. The Balaban J connectivity index is 2.69. The number of hydrogen-bond acceptors (Lipinski definition) is 3. The van der Waals surface area contributed by atoms with E-state index in [1.165, 1.54) is 30.6 Å². The molecule has 32 heavy (non-hydrogen) atoms. The molecule has 1 aromatic carbocycles. The first-order valence-electron chi connectivity index (χ1n) is 12.0. The van der Waals surface area contributed by atoms with Crippen molar-refractivity contribution in [1.29, 1.82) is 0 Å². The highest BCUT2D eigenvalue weighted by molar-refractivity contribution is 5.94. The molecule has 0 spiro atoms. The summed E-state index contributed by atoms with van der Waals surface area (Å²) in [6.07, 6.45) is 9.02. The number of para-hydroxylation sites is 1. The van der Waals surface area contributed by atoms with Crippen molar-refractivity contribution in [2.75, 3.05) is 18.0 Å². The van der Waals surface area contributed by atoms with Crippen molar-refractivity contribution in [1.82, 2.24) is 10.6 Å². The molecule has 7 heteroatoms. The van der Waals surface area contributed by atoms with E-state index < -0.39 is 12.1 Å². The predicted octanol–water partition coefficient (Wildman–Crippen LogP) is 4.36. The lowest BCUT2D eigenvalue weighted by atomic mass is 10.1. The number of hydrogen-bond donors (Lipinski definition) is 3. The lowest BCUT2D eigenvalue weighted by molar-refractivity contribution is -0.128. The third-order valence-electron chi connectivity index (χ3n) is 5.38. The maximum absolute atomic E-state index is 12.8. The molecule has 7 nitrogen and oxygen atoms in total. The van der Waals surface area contributed by atoms with E-state index in [9.17, 15) is 14.4 Å². The van der Waals surface area contributed by atoms with Crippen LogP contribution in [-0.4, -0.2) is 37.0 Å². The Morgan fingerprint density at radius 3 is 2.19 bits per heavy atom. The van der Waals surface area contributed by atoms with Crippen LogP contribution in [0.2, 0.25) is 0 Å². The minimum absolute atomic E-state index is 0.0182. The Kier molecular flexibility index (Phi) is 13.8. The fraction of sp³-hybridized carbons (Fsp3) is 0.640. The number of unbranched alkanes of at least 4 members (excludes halogenated alkanes) is 6. The van der Waals surface area contributed by atoms with Gasteiger partial charge < -0.3 is 16.4 Å². The molecule has 180 valence electrons. The van der Waals surface area contributed by atoms with Gasteiger partial charge in [0, 0.05) is 18.7 Å². The molecule has 0 aliphatic rings. The van der Waals surface area contributed by atoms with Crippen molar-refractivity contribution in [3.63, 3.8) is 0 Å². The maximum atomic E-state index is 12.8. The van der Waals surface area contributed by atoms with E-state index in [2.05, 4.69) is 31.4 Å². The number of urea groups is 1. The first-order valence-corrected chi connectivity index (χ1v) is 12.0. The third-order valence-corrected chi connectivity index (χ3v) is 5.38.